The fraction of sp³-hybridized carbons (Fsp3) is 0.700. The van der Waals surface area contributed by atoms with Gasteiger partial charge in [0.2, 0.25) is 5.91 Å². The first-order valence-corrected chi connectivity index (χ1v) is 5.18. The molecule has 16 heavy (non-hydrogen) atoms. The molecule has 0 saturated heterocycles. The number of carbonyl (C=O) groups excluding carboxylic acids is 2. The zero-order valence-corrected chi connectivity index (χ0v) is 9.23. The number of amides is 1. The molecule has 0 unspecified atom stereocenters. The Bertz CT molecular complexity index is 264. The van der Waals surface area contributed by atoms with Gasteiger partial charge in [0.15, 0.2) is 11.8 Å². The minimum absolute atomic E-state index is 0.191. The van der Waals surface area contributed by atoms with Crippen LogP contribution < -0.4 is 5.32 Å². The van der Waals surface area contributed by atoms with Crippen LogP contribution >= 0.6 is 0 Å². The average Bonchev–Trinajstić information content (AvgIpc) is 2.25. The van der Waals surface area contributed by atoms with E-state index in [1.54, 1.807) is 0 Å². The Morgan fingerprint density at radius 2 is 1.88 bits per heavy atom. The number of ketones is 1. The lowest BCUT2D eigenvalue weighted by Gasteiger charge is -2.11. The maximum Gasteiger partial charge on any atom is 0.334 e. The molecule has 0 aliphatic heterocycles. The standard InChI is InChI=1S/C10H17NO5/c1-2-3-4-5-8(14)11-9(10(15)16)7(13)6-12/h9,12H,2-6H2,1H3,(H,11,14)(H,15,16)/t9-/m0/s1. The minimum Gasteiger partial charge on any atom is -0.479 e. The molecule has 0 rings (SSSR count). The Balaban J connectivity index is 4.14. The molecule has 0 spiro atoms. The topological polar surface area (TPSA) is 104 Å². The third kappa shape index (κ3) is 5.45. The molecule has 0 heterocycles. The van der Waals surface area contributed by atoms with Gasteiger partial charge < -0.3 is 15.5 Å². The van der Waals surface area contributed by atoms with Gasteiger partial charge in [0.25, 0.3) is 0 Å². The number of hydrogen-bond acceptors (Lipinski definition) is 4. The van der Waals surface area contributed by atoms with Gasteiger partial charge in [-0.25, -0.2) is 4.79 Å². The number of carboxylic acid groups (broad SMARTS) is 1. The number of carbonyl (C=O) groups is 3. The van der Waals surface area contributed by atoms with Crippen LogP contribution in [0.3, 0.4) is 0 Å². The molecule has 0 aliphatic rings. The number of rotatable bonds is 8. The fourth-order valence-electron chi connectivity index (χ4n) is 1.14. The van der Waals surface area contributed by atoms with Gasteiger partial charge in [0.1, 0.15) is 6.61 Å². The summed E-state index contributed by atoms with van der Waals surface area (Å²) < 4.78 is 0. The second-order valence-corrected chi connectivity index (χ2v) is 3.42. The molecule has 0 aromatic rings. The van der Waals surface area contributed by atoms with Crippen molar-refractivity contribution in [2.75, 3.05) is 6.61 Å². The molecular formula is C10H17NO5. The first kappa shape index (κ1) is 14.6. The van der Waals surface area contributed by atoms with Gasteiger partial charge in [-0.3, -0.25) is 9.59 Å². The lowest BCUT2D eigenvalue weighted by atomic mass is 10.1. The van der Waals surface area contributed by atoms with Gasteiger partial charge in [-0.2, -0.15) is 0 Å². The van der Waals surface area contributed by atoms with E-state index < -0.39 is 30.3 Å². The molecule has 0 aromatic carbocycles. The van der Waals surface area contributed by atoms with Gasteiger partial charge in [-0.05, 0) is 6.42 Å². The third-order valence-corrected chi connectivity index (χ3v) is 2.04. The van der Waals surface area contributed by atoms with Gasteiger partial charge >= 0.3 is 5.97 Å². The minimum atomic E-state index is -1.64. The number of aliphatic hydroxyl groups excluding tert-OH is 1. The van der Waals surface area contributed by atoms with E-state index in [0.717, 1.165) is 12.8 Å². The van der Waals surface area contributed by atoms with Gasteiger partial charge in [-0.15, -0.1) is 0 Å². The quantitative estimate of drug-likeness (QED) is 0.393. The highest BCUT2D eigenvalue weighted by Gasteiger charge is 2.26. The highest BCUT2D eigenvalue weighted by molar-refractivity contribution is 6.05. The van der Waals surface area contributed by atoms with Crippen molar-refractivity contribution in [2.45, 2.75) is 38.6 Å². The summed E-state index contributed by atoms with van der Waals surface area (Å²) in [4.78, 5) is 32.8. The molecule has 0 bridgehead atoms. The second-order valence-electron chi connectivity index (χ2n) is 3.42. The maximum atomic E-state index is 11.2. The number of nitrogens with one attached hydrogen (secondary N) is 1. The first-order chi connectivity index (χ1) is 7.52. The van der Waals surface area contributed by atoms with Crippen molar-refractivity contribution in [1.29, 1.82) is 0 Å². The van der Waals surface area contributed by atoms with Crippen LogP contribution in [0, 0.1) is 0 Å². The summed E-state index contributed by atoms with van der Waals surface area (Å²) in [5.41, 5.74) is 0. The number of Topliss-reactive ketones (excluding diaryl/α,β-unsaturated/α-hetero) is 1. The summed E-state index contributed by atoms with van der Waals surface area (Å²) in [6.07, 6.45) is 2.67. The Labute approximate surface area is 93.6 Å². The Kier molecular flexibility index (Phi) is 7.11. The van der Waals surface area contributed by atoms with Crippen molar-refractivity contribution < 1.29 is 24.6 Å². The largest absolute Gasteiger partial charge is 0.479 e. The van der Waals surface area contributed by atoms with Gasteiger partial charge in [-0.1, -0.05) is 19.8 Å². The molecule has 0 aromatic heterocycles. The van der Waals surface area contributed by atoms with E-state index in [4.69, 9.17) is 10.2 Å². The smallest absolute Gasteiger partial charge is 0.334 e. The number of carboxylic acids is 1. The van der Waals surface area contributed by atoms with E-state index in [9.17, 15) is 14.4 Å². The molecule has 3 N–H and O–H groups in total. The van der Waals surface area contributed by atoms with E-state index in [0.29, 0.717) is 6.42 Å². The van der Waals surface area contributed by atoms with Crippen molar-refractivity contribution >= 4 is 17.7 Å². The first-order valence-electron chi connectivity index (χ1n) is 5.18. The monoisotopic (exact) mass is 231 g/mol. The molecule has 0 saturated carbocycles. The predicted octanol–water partition coefficient (Wildman–Crippen LogP) is -0.302. The summed E-state index contributed by atoms with van der Waals surface area (Å²) in [6, 6.07) is -1.64. The summed E-state index contributed by atoms with van der Waals surface area (Å²) in [7, 11) is 0. The van der Waals surface area contributed by atoms with Crippen LogP contribution in [0.15, 0.2) is 0 Å². The highest BCUT2D eigenvalue weighted by atomic mass is 16.4. The number of aliphatic carboxylic acids is 1. The third-order valence-electron chi connectivity index (χ3n) is 2.04. The van der Waals surface area contributed by atoms with Crippen molar-refractivity contribution in [3.8, 4) is 0 Å². The van der Waals surface area contributed by atoms with E-state index in [1.165, 1.54) is 0 Å². The molecular weight excluding hydrogens is 214 g/mol. The van der Waals surface area contributed by atoms with Gasteiger partial charge in [0, 0.05) is 6.42 Å². The molecule has 0 aliphatic carbocycles. The zero-order valence-electron chi connectivity index (χ0n) is 9.23. The van der Waals surface area contributed by atoms with E-state index in [-0.39, 0.29) is 6.42 Å². The molecule has 6 heteroatoms. The molecule has 1 amide bonds. The fourth-order valence-corrected chi connectivity index (χ4v) is 1.14. The van der Waals surface area contributed by atoms with Crippen LogP contribution in [-0.4, -0.2) is 40.5 Å². The van der Waals surface area contributed by atoms with Crippen LogP contribution in [-0.2, 0) is 14.4 Å². The summed E-state index contributed by atoms with van der Waals surface area (Å²) in [5, 5.41) is 19.2. The zero-order chi connectivity index (χ0) is 12.6. The van der Waals surface area contributed by atoms with E-state index >= 15 is 0 Å². The second kappa shape index (κ2) is 7.81. The number of aliphatic hydroxyl groups is 1. The van der Waals surface area contributed by atoms with Gasteiger partial charge in [0.05, 0.1) is 0 Å². The van der Waals surface area contributed by atoms with Crippen molar-refractivity contribution in [3.05, 3.63) is 0 Å². The Morgan fingerprint density at radius 1 is 1.25 bits per heavy atom. The van der Waals surface area contributed by atoms with Crippen LogP contribution in [0.4, 0.5) is 0 Å². The molecule has 0 radical (unpaired) electrons. The van der Waals surface area contributed by atoms with Crippen LogP contribution in [0.5, 0.6) is 0 Å². The van der Waals surface area contributed by atoms with E-state index in [1.807, 2.05) is 6.92 Å². The SMILES string of the molecule is CCCCCC(=O)N[C@H](C(=O)O)C(=O)CO. The predicted molar refractivity (Wildman–Crippen MR) is 55.8 cm³/mol. The molecule has 92 valence electrons. The number of hydrogen-bond donors (Lipinski definition) is 3. The van der Waals surface area contributed by atoms with Crippen LogP contribution in [0.2, 0.25) is 0 Å². The number of unbranched alkanes of at least 4 members (excludes halogenated alkanes) is 2. The Morgan fingerprint density at radius 3 is 2.31 bits per heavy atom. The maximum absolute atomic E-state index is 11.2. The lowest BCUT2D eigenvalue weighted by molar-refractivity contribution is -0.146. The van der Waals surface area contributed by atoms with E-state index in [2.05, 4.69) is 5.32 Å². The molecule has 6 nitrogen and oxygen atoms in total. The van der Waals surface area contributed by atoms with Crippen molar-refractivity contribution in [3.63, 3.8) is 0 Å². The molecule has 1 atom stereocenters. The van der Waals surface area contributed by atoms with Crippen LogP contribution in [0.25, 0.3) is 0 Å². The summed E-state index contributed by atoms with van der Waals surface area (Å²) in [6.45, 7) is 1.08. The van der Waals surface area contributed by atoms with Crippen LogP contribution in [0.1, 0.15) is 32.6 Å². The van der Waals surface area contributed by atoms with Crippen molar-refractivity contribution in [2.24, 2.45) is 0 Å². The summed E-state index contributed by atoms with van der Waals surface area (Å²) in [5.74, 6) is -2.86. The molecule has 0 fully saturated rings. The average molecular weight is 231 g/mol. The summed E-state index contributed by atoms with van der Waals surface area (Å²) >= 11 is 0. The van der Waals surface area contributed by atoms with Crippen molar-refractivity contribution in [1.82, 2.24) is 5.32 Å². The highest BCUT2D eigenvalue weighted by Crippen LogP contribution is 1.99. The lowest BCUT2D eigenvalue weighted by Crippen LogP contribution is -2.47. The Hall–Kier alpha value is -1.43. The normalized spacial score (nSPS) is 11.9.